The van der Waals surface area contributed by atoms with Gasteiger partial charge in [-0.15, -0.1) is 0 Å². The smallest absolute Gasteiger partial charge is 0.475 e. The normalized spacial score (nSPS) is 21.4. The molecule has 2 aliphatic heterocycles. The van der Waals surface area contributed by atoms with Gasteiger partial charge in [0.25, 0.3) is 0 Å². The summed E-state index contributed by atoms with van der Waals surface area (Å²) in [5.74, 6) is -4.43. The summed E-state index contributed by atoms with van der Waals surface area (Å²) in [6.07, 6.45) is -6.87. The molecule has 15 nitrogen and oxygen atoms in total. The van der Waals surface area contributed by atoms with Gasteiger partial charge in [-0.25, -0.2) is 14.2 Å². The Morgan fingerprint density at radius 3 is 2.18 bits per heavy atom. The third kappa shape index (κ3) is 9.93. The first-order valence-electron chi connectivity index (χ1n) is 17.0. The van der Waals surface area contributed by atoms with E-state index in [0.29, 0.717) is 16.7 Å². The van der Waals surface area contributed by atoms with Crippen molar-refractivity contribution < 1.29 is 50.9 Å². The van der Waals surface area contributed by atoms with E-state index >= 15 is 8.78 Å². The zero-order valence-corrected chi connectivity index (χ0v) is 30.4. The van der Waals surface area contributed by atoms with Gasteiger partial charge in [0, 0.05) is 19.8 Å². The summed E-state index contributed by atoms with van der Waals surface area (Å²) >= 11 is 0. The number of amides is 1. The van der Waals surface area contributed by atoms with Crippen molar-refractivity contribution in [3.63, 3.8) is 0 Å². The fraction of sp³-hybridized carbons (Fsp3) is 0.297. The number of anilines is 1. The quantitative estimate of drug-likeness (QED) is 0.0817. The van der Waals surface area contributed by atoms with Crippen molar-refractivity contribution in [2.75, 3.05) is 25.5 Å². The molecule has 1 amide bonds. The van der Waals surface area contributed by atoms with Crippen LogP contribution >= 0.6 is 7.75 Å². The maximum atomic E-state index is 16.4. The average Bonchev–Trinajstić information content (AvgIpc) is 3.62. The molecule has 0 spiro atoms. The molecule has 0 saturated carbocycles. The predicted octanol–water partition coefficient (Wildman–Crippen LogP) is 5.62. The number of aromatic nitrogens is 2. The third-order valence-corrected chi connectivity index (χ3v) is 10.1. The van der Waals surface area contributed by atoms with E-state index in [2.05, 4.69) is 22.0 Å². The molecular weight excluding hydrogens is 743 g/mol. The van der Waals surface area contributed by atoms with E-state index in [9.17, 15) is 18.9 Å². The van der Waals surface area contributed by atoms with Crippen LogP contribution in [0.3, 0.4) is 0 Å². The second-order valence-electron chi connectivity index (χ2n) is 12.5. The number of carbonyl (C=O) groups is 2. The van der Waals surface area contributed by atoms with Crippen LogP contribution in [0.1, 0.15) is 23.8 Å². The Hall–Kier alpha value is -5.61. The second kappa shape index (κ2) is 17.2. The average molecular weight is 782 g/mol. The highest BCUT2D eigenvalue weighted by molar-refractivity contribution is 7.52. The summed E-state index contributed by atoms with van der Waals surface area (Å²) in [5.41, 5.74) is 0.247. The van der Waals surface area contributed by atoms with Crippen LogP contribution < -0.4 is 20.6 Å². The third-order valence-electron chi connectivity index (χ3n) is 8.50. The SMILES string of the molecule is C=C(Nc1ccn([C@@H]2O[C@H](COP(=O)(NC3CCN(C)C3=O)Oc3ccccc3)[C@@H](OC(=O)OCc3ccccc3)C2(F)F)c(=O)n1)OCc1ccccc1. The monoisotopic (exact) mass is 781 g/mol. The van der Waals surface area contributed by atoms with Gasteiger partial charge in [0.05, 0.1) is 12.6 Å². The Balaban J connectivity index is 1.21. The molecule has 1 aromatic heterocycles. The molecule has 3 heterocycles. The molecule has 2 unspecified atom stereocenters. The molecular formula is C37H38F2N5O10P. The van der Waals surface area contributed by atoms with E-state index in [1.165, 1.54) is 23.1 Å². The number of likely N-dealkylation sites (N-methyl/N-ethyl adjacent to an activating group) is 1. The highest BCUT2D eigenvalue weighted by atomic mass is 31.2. The lowest BCUT2D eigenvalue weighted by atomic mass is 10.1. The number of rotatable bonds is 16. The number of likely N-dealkylation sites (tertiary alicyclic amines) is 1. The number of ether oxygens (including phenoxy) is 4. The Bertz CT molecular complexity index is 2060. The van der Waals surface area contributed by atoms with E-state index in [0.717, 1.165) is 11.8 Å². The van der Waals surface area contributed by atoms with Gasteiger partial charge < -0.3 is 33.7 Å². The number of benzene rings is 3. The Morgan fingerprint density at radius 1 is 0.964 bits per heavy atom. The zero-order valence-electron chi connectivity index (χ0n) is 29.5. The zero-order chi connectivity index (χ0) is 39.0. The van der Waals surface area contributed by atoms with Gasteiger partial charge in [-0.2, -0.15) is 18.9 Å². The van der Waals surface area contributed by atoms with Gasteiger partial charge in [-0.3, -0.25) is 13.9 Å². The first kappa shape index (κ1) is 39.1. The molecule has 18 heteroatoms. The second-order valence-corrected chi connectivity index (χ2v) is 14.2. The van der Waals surface area contributed by atoms with Crippen LogP contribution in [0.4, 0.5) is 19.4 Å². The van der Waals surface area contributed by atoms with Crippen molar-refractivity contribution in [2.24, 2.45) is 0 Å². The van der Waals surface area contributed by atoms with Gasteiger partial charge in [-0.05, 0) is 42.3 Å². The van der Waals surface area contributed by atoms with Gasteiger partial charge in [0.1, 0.15) is 30.9 Å². The van der Waals surface area contributed by atoms with Crippen LogP contribution in [-0.4, -0.2) is 70.9 Å². The molecule has 5 atom stereocenters. The van der Waals surface area contributed by atoms with E-state index in [4.69, 9.17) is 28.0 Å². The fourth-order valence-corrected chi connectivity index (χ4v) is 7.25. The number of nitrogens with zero attached hydrogens (tertiary/aromatic N) is 3. The van der Waals surface area contributed by atoms with Crippen LogP contribution in [0.2, 0.25) is 0 Å². The van der Waals surface area contributed by atoms with Crippen molar-refractivity contribution >= 4 is 25.6 Å². The Kier molecular flexibility index (Phi) is 12.3. The topological polar surface area (TPSA) is 169 Å². The Morgan fingerprint density at radius 2 is 1.58 bits per heavy atom. The minimum atomic E-state index is -4.51. The first-order chi connectivity index (χ1) is 26.4. The molecule has 3 aromatic carbocycles. The molecule has 0 aliphatic carbocycles. The number of para-hydroxylation sites is 1. The minimum Gasteiger partial charge on any atom is -0.475 e. The standard InChI is InChI=1S/C37H38F2N5O10P/c1-25(49-22-26-12-6-3-7-13-26)40-31-19-21-44(35(46)41-31)34-37(38,39)32(53-36(47)50-23-27-14-8-4-9-15-27)30(52-34)24-51-55(48,54-28-16-10-5-11-17-28)42-29-18-20-43(2)33(29)45/h3-17,19,21,29-30,32,34H,1,18,20,22-24H2,2H3,(H,42,48)(H,40,41,46)/t29?,30-,32-,34-,55?/m1/s1. The van der Waals surface area contributed by atoms with Gasteiger partial charge >= 0.3 is 25.5 Å². The lowest BCUT2D eigenvalue weighted by molar-refractivity contribution is -0.146. The number of alkyl halides is 2. The van der Waals surface area contributed by atoms with E-state index < -0.39 is 56.6 Å². The van der Waals surface area contributed by atoms with Crippen LogP contribution in [0.25, 0.3) is 0 Å². The lowest BCUT2D eigenvalue weighted by Crippen LogP contribution is -2.45. The van der Waals surface area contributed by atoms with Crippen molar-refractivity contribution in [3.05, 3.63) is 137 Å². The predicted molar refractivity (Wildman–Crippen MR) is 193 cm³/mol. The van der Waals surface area contributed by atoms with E-state index in [1.807, 2.05) is 30.3 Å². The van der Waals surface area contributed by atoms with Gasteiger partial charge in [0.2, 0.25) is 18.2 Å². The molecule has 290 valence electrons. The lowest BCUT2D eigenvalue weighted by Gasteiger charge is -2.26. The maximum Gasteiger partial charge on any atom is 0.509 e. The molecule has 2 N–H and O–H groups in total. The van der Waals surface area contributed by atoms with E-state index in [1.54, 1.807) is 55.6 Å². The summed E-state index contributed by atoms with van der Waals surface area (Å²) in [7, 11) is -2.95. The summed E-state index contributed by atoms with van der Waals surface area (Å²) in [5, 5.41) is 5.31. The van der Waals surface area contributed by atoms with Gasteiger partial charge in [0.15, 0.2) is 5.88 Å². The van der Waals surface area contributed by atoms with Crippen molar-refractivity contribution in [2.45, 2.75) is 50.0 Å². The highest BCUT2D eigenvalue weighted by Crippen LogP contribution is 2.49. The molecule has 55 heavy (non-hydrogen) atoms. The number of hydrogen-bond donors (Lipinski definition) is 2. The number of carbonyl (C=O) groups excluding carboxylic acids is 2. The van der Waals surface area contributed by atoms with Crippen molar-refractivity contribution in [1.82, 2.24) is 19.5 Å². The number of nitrogens with one attached hydrogen (secondary N) is 2. The molecule has 0 radical (unpaired) electrons. The summed E-state index contributed by atoms with van der Waals surface area (Å²) < 4.78 is 80.2. The van der Waals surface area contributed by atoms with Gasteiger partial charge in [-0.1, -0.05) is 78.9 Å². The summed E-state index contributed by atoms with van der Waals surface area (Å²) in [4.78, 5) is 44.0. The van der Waals surface area contributed by atoms with Crippen LogP contribution in [0.15, 0.2) is 121 Å². The van der Waals surface area contributed by atoms with Crippen LogP contribution in [0, 0.1) is 0 Å². The largest absolute Gasteiger partial charge is 0.509 e. The molecule has 0 bridgehead atoms. The number of hydrogen-bond acceptors (Lipinski definition) is 12. The minimum absolute atomic E-state index is 0.0392. The molecule has 6 rings (SSSR count). The molecule has 4 aromatic rings. The molecule has 2 saturated heterocycles. The van der Waals surface area contributed by atoms with Crippen molar-refractivity contribution in [1.29, 1.82) is 0 Å². The van der Waals surface area contributed by atoms with Crippen molar-refractivity contribution in [3.8, 4) is 5.75 Å². The fourth-order valence-electron chi connectivity index (χ4n) is 5.70. The maximum absolute atomic E-state index is 16.4. The molecule has 2 fully saturated rings. The Labute approximate surface area is 314 Å². The summed E-state index contributed by atoms with van der Waals surface area (Å²) in [6.45, 7) is 3.05. The van der Waals surface area contributed by atoms with Crippen LogP contribution in [0.5, 0.6) is 5.75 Å². The highest BCUT2D eigenvalue weighted by Gasteiger charge is 2.63. The summed E-state index contributed by atoms with van der Waals surface area (Å²) in [6, 6.07) is 25.7. The van der Waals surface area contributed by atoms with E-state index in [-0.39, 0.29) is 43.0 Å². The molecule has 2 aliphatic rings. The number of halogens is 2. The first-order valence-corrected chi connectivity index (χ1v) is 18.6. The van der Waals surface area contributed by atoms with Crippen LogP contribution in [-0.2, 0) is 46.0 Å².